The number of carbonyl (C=O) groups is 2. The van der Waals surface area contributed by atoms with Crippen LogP contribution in [-0.4, -0.2) is 48.4 Å². The molecule has 0 aliphatic carbocycles. The van der Waals surface area contributed by atoms with Gasteiger partial charge < -0.3 is 15.5 Å². The monoisotopic (exact) mass is 309 g/mol. The van der Waals surface area contributed by atoms with E-state index in [0.29, 0.717) is 17.5 Å². The fourth-order valence-electron chi connectivity index (χ4n) is 1.56. The molecule has 0 saturated carbocycles. The summed E-state index contributed by atoms with van der Waals surface area (Å²) in [5.41, 5.74) is 1.45. The number of thioether (sulfide) groups is 1. The van der Waals surface area contributed by atoms with Crippen LogP contribution in [-0.2, 0) is 9.59 Å². The number of benzene rings is 1. The Hall–Kier alpha value is -1.53. The van der Waals surface area contributed by atoms with Crippen molar-refractivity contribution in [3.05, 3.63) is 24.3 Å². The van der Waals surface area contributed by atoms with Gasteiger partial charge in [-0.2, -0.15) is 0 Å². The SMILES string of the molecule is CC(C)SCC(=O)Nc1ccc(NC(=O)CN(C)C)cc1. The molecule has 5 nitrogen and oxygen atoms in total. The number of hydrogen-bond donors (Lipinski definition) is 2. The van der Waals surface area contributed by atoms with Gasteiger partial charge in [-0.25, -0.2) is 0 Å². The summed E-state index contributed by atoms with van der Waals surface area (Å²) < 4.78 is 0. The molecule has 0 unspecified atom stereocenters. The molecule has 6 heteroatoms. The van der Waals surface area contributed by atoms with Gasteiger partial charge in [0.15, 0.2) is 0 Å². The molecule has 2 N–H and O–H groups in total. The Balaban J connectivity index is 2.46. The van der Waals surface area contributed by atoms with Gasteiger partial charge in [-0.05, 0) is 43.6 Å². The molecule has 2 amide bonds. The molecule has 0 aliphatic heterocycles. The summed E-state index contributed by atoms with van der Waals surface area (Å²) in [6, 6.07) is 7.12. The van der Waals surface area contributed by atoms with E-state index in [4.69, 9.17) is 0 Å². The van der Waals surface area contributed by atoms with Crippen LogP contribution in [0.3, 0.4) is 0 Å². The van der Waals surface area contributed by atoms with Crippen LogP contribution in [0.25, 0.3) is 0 Å². The Labute approximate surface area is 130 Å². The van der Waals surface area contributed by atoms with Crippen LogP contribution < -0.4 is 10.6 Å². The van der Waals surface area contributed by atoms with Crippen LogP contribution in [0.2, 0.25) is 0 Å². The molecule has 0 heterocycles. The van der Waals surface area contributed by atoms with Crippen molar-refractivity contribution >= 4 is 35.0 Å². The molecule has 0 spiro atoms. The van der Waals surface area contributed by atoms with Crippen LogP contribution in [0.5, 0.6) is 0 Å². The second kappa shape index (κ2) is 8.69. The maximum Gasteiger partial charge on any atom is 0.238 e. The highest BCUT2D eigenvalue weighted by Crippen LogP contribution is 2.15. The van der Waals surface area contributed by atoms with Crippen LogP contribution >= 0.6 is 11.8 Å². The predicted octanol–water partition coefficient (Wildman–Crippen LogP) is 2.27. The molecule has 0 aliphatic rings. The van der Waals surface area contributed by atoms with E-state index >= 15 is 0 Å². The zero-order chi connectivity index (χ0) is 15.8. The molecule has 116 valence electrons. The molecule has 0 saturated heterocycles. The topological polar surface area (TPSA) is 61.4 Å². The lowest BCUT2D eigenvalue weighted by Gasteiger charge is -2.11. The quantitative estimate of drug-likeness (QED) is 0.811. The van der Waals surface area contributed by atoms with Gasteiger partial charge in [0.05, 0.1) is 12.3 Å². The first kappa shape index (κ1) is 17.5. The molecule has 0 bridgehead atoms. The molecular weight excluding hydrogens is 286 g/mol. The molecule has 1 aromatic rings. The van der Waals surface area contributed by atoms with Crippen LogP contribution in [0.15, 0.2) is 24.3 Å². The molecule has 21 heavy (non-hydrogen) atoms. The Morgan fingerprint density at radius 3 is 1.95 bits per heavy atom. The summed E-state index contributed by atoms with van der Waals surface area (Å²) in [7, 11) is 3.68. The third-order valence-corrected chi connectivity index (χ3v) is 3.56. The first-order valence-electron chi connectivity index (χ1n) is 6.83. The van der Waals surface area contributed by atoms with Crippen molar-refractivity contribution in [2.24, 2.45) is 0 Å². The maximum absolute atomic E-state index is 11.7. The van der Waals surface area contributed by atoms with Crippen molar-refractivity contribution in [2.75, 3.05) is 37.0 Å². The number of carbonyl (C=O) groups excluding carboxylic acids is 2. The first-order chi connectivity index (χ1) is 9.86. The van der Waals surface area contributed by atoms with E-state index in [1.807, 2.05) is 14.1 Å². The molecular formula is C15H23N3O2S. The van der Waals surface area contributed by atoms with Crippen molar-refractivity contribution in [1.82, 2.24) is 4.90 Å². The fourth-order valence-corrected chi connectivity index (χ4v) is 2.12. The number of anilines is 2. The molecule has 0 atom stereocenters. The van der Waals surface area contributed by atoms with Crippen LogP contribution in [0.1, 0.15) is 13.8 Å². The van der Waals surface area contributed by atoms with E-state index < -0.39 is 0 Å². The number of nitrogens with one attached hydrogen (secondary N) is 2. The molecule has 0 aromatic heterocycles. The summed E-state index contributed by atoms with van der Waals surface area (Å²) in [5, 5.41) is 6.06. The molecule has 1 rings (SSSR count). The fraction of sp³-hybridized carbons (Fsp3) is 0.467. The van der Waals surface area contributed by atoms with Crippen LogP contribution in [0, 0.1) is 0 Å². The minimum atomic E-state index is -0.0647. The number of amides is 2. The molecule has 1 aromatic carbocycles. The minimum Gasteiger partial charge on any atom is -0.325 e. The van der Waals surface area contributed by atoms with Gasteiger partial charge in [0.1, 0.15) is 0 Å². The predicted molar refractivity (Wildman–Crippen MR) is 89.8 cm³/mol. The highest BCUT2D eigenvalue weighted by Gasteiger charge is 2.06. The molecule has 0 radical (unpaired) electrons. The average molecular weight is 309 g/mol. The number of hydrogen-bond acceptors (Lipinski definition) is 4. The van der Waals surface area contributed by atoms with Gasteiger partial charge >= 0.3 is 0 Å². The Bertz CT molecular complexity index is 472. The van der Waals surface area contributed by atoms with E-state index in [0.717, 1.165) is 11.4 Å². The van der Waals surface area contributed by atoms with Gasteiger partial charge in [0.2, 0.25) is 11.8 Å². The van der Waals surface area contributed by atoms with Gasteiger partial charge in [-0.3, -0.25) is 9.59 Å². The van der Waals surface area contributed by atoms with Gasteiger partial charge in [0, 0.05) is 11.4 Å². The second-order valence-electron chi connectivity index (χ2n) is 5.27. The zero-order valence-electron chi connectivity index (χ0n) is 13.0. The Kier molecular flexibility index (Phi) is 7.25. The summed E-state index contributed by atoms with van der Waals surface area (Å²) in [6.45, 7) is 4.46. The summed E-state index contributed by atoms with van der Waals surface area (Å²) in [5.74, 6) is 0.363. The van der Waals surface area contributed by atoms with E-state index in [9.17, 15) is 9.59 Å². The van der Waals surface area contributed by atoms with Crippen molar-refractivity contribution < 1.29 is 9.59 Å². The second-order valence-corrected chi connectivity index (χ2v) is 6.84. The molecule has 0 fully saturated rings. The van der Waals surface area contributed by atoms with E-state index in [2.05, 4.69) is 24.5 Å². The lowest BCUT2D eigenvalue weighted by atomic mass is 10.2. The summed E-state index contributed by atoms with van der Waals surface area (Å²) in [6.07, 6.45) is 0. The Morgan fingerprint density at radius 2 is 1.52 bits per heavy atom. The minimum absolute atomic E-state index is 0.0157. The average Bonchev–Trinajstić information content (AvgIpc) is 2.37. The van der Waals surface area contributed by atoms with Crippen molar-refractivity contribution in [3.8, 4) is 0 Å². The highest BCUT2D eigenvalue weighted by atomic mass is 32.2. The zero-order valence-corrected chi connectivity index (χ0v) is 13.8. The number of nitrogens with zero attached hydrogens (tertiary/aromatic N) is 1. The lowest BCUT2D eigenvalue weighted by molar-refractivity contribution is -0.117. The summed E-state index contributed by atoms with van der Waals surface area (Å²) in [4.78, 5) is 25.1. The van der Waals surface area contributed by atoms with E-state index in [-0.39, 0.29) is 11.8 Å². The van der Waals surface area contributed by atoms with Crippen LogP contribution in [0.4, 0.5) is 11.4 Å². The number of rotatable bonds is 7. The van der Waals surface area contributed by atoms with Crippen molar-refractivity contribution in [1.29, 1.82) is 0 Å². The van der Waals surface area contributed by atoms with Gasteiger partial charge in [-0.1, -0.05) is 13.8 Å². The van der Waals surface area contributed by atoms with Gasteiger partial charge in [-0.15, -0.1) is 11.8 Å². The highest BCUT2D eigenvalue weighted by molar-refractivity contribution is 8.00. The van der Waals surface area contributed by atoms with E-state index in [1.165, 1.54) is 0 Å². The van der Waals surface area contributed by atoms with Crippen molar-refractivity contribution in [3.63, 3.8) is 0 Å². The maximum atomic E-state index is 11.7. The largest absolute Gasteiger partial charge is 0.325 e. The normalized spacial score (nSPS) is 10.8. The number of likely N-dealkylation sites (N-methyl/N-ethyl adjacent to an activating group) is 1. The van der Waals surface area contributed by atoms with Crippen molar-refractivity contribution in [2.45, 2.75) is 19.1 Å². The lowest BCUT2D eigenvalue weighted by Crippen LogP contribution is -2.27. The standard InChI is InChI=1S/C15H23N3O2S/c1-11(2)21-10-15(20)17-13-7-5-12(6-8-13)16-14(19)9-18(3)4/h5-8,11H,9-10H2,1-4H3,(H,16,19)(H,17,20). The van der Waals surface area contributed by atoms with Gasteiger partial charge in [0.25, 0.3) is 0 Å². The van der Waals surface area contributed by atoms with E-state index in [1.54, 1.807) is 40.9 Å². The third-order valence-electron chi connectivity index (χ3n) is 2.46. The third kappa shape index (κ3) is 7.72. The Morgan fingerprint density at radius 1 is 1.05 bits per heavy atom. The first-order valence-corrected chi connectivity index (χ1v) is 7.88. The summed E-state index contributed by atoms with van der Waals surface area (Å²) >= 11 is 1.60. The smallest absolute Gasteiger partial charge is 0.238 e.